The lowest BCUT2D eigenvalue weighted by Crippen LogP contribution is -2.29. The number of nitrogens with zero attached hydrogens (tertiary/aromatic N) is 3. The molecule has 2 fully saturated rings. The minimum absolute atomic E-state index is 0.731. The summed E-state index contributed by atoms with van der Waals surface area (Å²) >= 11 is 0. The topological polar surface area (TPSA) is 41.1 Å². The van der Waals surface area contributed by atoms with E-state index in [4.69, 9.17) is 4.98 Å². The van der Waals surface area contributed by atoms with Crippen LogP contribution in [0.15, 0.2) is 12.4 Å². The van der Waals surface area contributed by atoms with Crippen molar-refractivity contribution in [1.82, 2.24) is 15.3 Å². The van der Waals surface area contributed by atoms with Crippen LogP contribution in [0.5, 0.6) is 0 Å². The van der Waals surface area contributed by atoms with Crippen LogP contribution < -0.4 is 10.2 Å². The summed E-state index contributed by atoms with van der Waals surface area (Å²) in [5.41, 5.74) is 1.03. The first-order valence-corrected chi connectivity index (χ1v) is 6.59. The number of aromatic nitrogens is 2. The molecule has 0 unspecified atom stereocenters. The van der Waals surface area contributed by atoms with Crippen molar-refractivity contribution in [3.63, 3.8) is 0 Å². The van der Waals surface area contributed by atoms with Crippen LogP contribution >= 0.6 is 0 Å². The van der Waals surface area contributed by atoms with Gasteiger partial charge in [0.25, 0.3) is 0 Å². The first-order valence-electron chi connectivity index (χ1n) is 6.59. The summed E-state index contributed by atoms with van der Waals surface area (Å²) in [7, 11) is 1.94. The molecule has 0 atom stereocenters. The first kappa shape index (κ1) is 11.0. The van der Waals surface area contributed by atoms with Gasteiger partial charge in [-0.1, -0.05) is 0 Å². The Labute approximate surface area is 102 Å². The van der Waals surface area contributed by atoms with E-state index in [2.05, 4.69) is 15.2 Å². The fraction of sp³-hybridized carbons (Fsp3) is 0.692. The zero-order chi connectivity index (χ0) is 11.7. The van der Waals surface area contributed by atoms with Crippen LogP contribution in [0, 0.1) is 5.92 Å². The van der Waals surface area contributed by atoms with Gasteiger partial charge in [0.2, 0.25) is 0 Å². The highest BCUT2D eigenvalue weighted by Gasteiger charge is 2.34. The third-order valence-electron chi connectivity index (χ3n) is 3.46. The molecule has 0 amide bonds. The second-order valence-electron chi connectivity index (χ2n) is 5.23. The van der Waals surface area contributed by atoms with Crippen molar-refractivity contribution in [2.24, 2.45) is 5.92 Å². The Balaban J connectivity index is 1.76. The maximum Gasteiger partial charge on any atom is 0.147 e. The van der Waals surface area contributed by atoms with Crippen LogP contribution in [0.2, 0.25) is 0 Å². The summed E-state index contributed by atoms with van der Waals surface area (Å²) in [5.74, 6) is 1.98. The number of nitrogens with one attached hydrogen (secondary N) is 1. The first-order chi connectivity index (χ1) is 8.36. The van der Waals surface area contributed by atoms with Crippen molar-refractivity contribution < 1.29 is 0 Å². The molecule has 0 saturated heterocycles. The van der Waals surface area contributed by atoms with Crippen LogP contribution in [0.25, 0.3) is 0 Å². The third kappa shape index (κ3) is 2.75. The van der Waals surface area contributed by atoms with E-state index >= 15 is 0 Å². The molecular weight excluding hydrogens is 212 g/mol. The maximum absolute atomic E-state index is 4.71. The van der Waals surface area contributed by atoms with E-state index in [1.54, 1.807) is 0 Å². The van der Waals surface area contributed by atoms with E-state index in [0.717, 1.165) is 30.0 Å². The highest BCUT2D eigenvalue weighted by Crippen LogP contribution is 2.36. The Hall–Kier alpha value is -1.16. The van der Waals surface area contributed by atoms with E-state index in [1.807, 2.05) is 19.4 Å². The molecule has 3 rings (SSSR count). The fourth-order valence-electron chi connectivity index (χ4n) is 2.19. The number of hydrogen-bond acceptors (Lipinski definition) is 4. The van der Waals surface area contributed by atoms with Crippen molar-refractivity contribution >= 4 is 5.82 Å². The second kappa shape index (κ2) is 4.61. The van der Waals surface area contributed by atoms with Crippen molar-refractivity contribution in [3.8, 4) is 0 Å². The van der Waals surface area contributed by atoms with Gasteiger partial charge in [0.15, 0.2) is 0 Å². The van der Waals surface area contributed by atoms with E-state index < -0.39 is 0 Å². The van der Waals surface area contributed by atoms with Gasteiger partial charge in [-0.05, 0) is 38.6 Å². The molecule has 0 bridgehead atoms. The molecule has 1 aromatic rings. The van der Waals surface area contributed by atoms with Gasteiger partial charge in [0, 0.05) is 25.3 Å². The largest absolute Gasteiger partial charge is 0.352 e. The standard InChI is InChI=1S/C13H20N4/c1-14-6-11-7-15-8-13(16-11)17(12-4-5-12)9-10-2-3-10/h7-8,10,12,14H,2-6,9H2,1H3. The summed E-state index contributed by atoms with van der Waals surface area (Å²) in [6.45, 7) is 1.98. The molecule has 0 spiro atoms. The number of hydrogen-bond donors (Lipinski definition) is 1. The smallest absolute Gasteiger partial charge is 0.147 e. The van der Waals surface area contributed by atoms with Crippen LogP contribution in [0.4, 0.5) is 5.82 Å². The van der Waals surface area contributed by atoms with Gasteiger partial charge in [-0.3, -0.25) is 4.98 Å². The molecule has 0 aromatic carbocycles. The van der Waals surface area contributed by atoms with Gasteiger partial charge >= 0.3 is 0 Å². The minimum atomic E-state index is 0.731. The fourth-order valence-corrected chi connectivity index (χ4v) is 2.19. The predicted octanol–water partition coefficient (Wildman–Crippen LogP) is 1.57. The molecule has 2 aliphatic rings. The molecule has 4 nitrogen and oxygen atoms in total. The normalized spacial score (nSPS) is 19.4. The highest BCUT2D eigenvalue weighted by molar-refractivity contribution is 5.40. The van der Waals surface area contributed by atoms with Gasteiger partial charge < -0.3 is 10.2 Å². The molecule has 2 aliphatic carbocycles. The number of rotatable bonds is 6. The molecule has 0 aliphatic heterocycles. The van der Waals surface area contributed by atoms with Crippen molar-refractivity contribution in [2.45, 2.75) is 38.3 Å². The Morgan fingerprint density at radius 1 is 1.29 bits per heavy atom. The third-order valence-corrected chi connectivity index (χ3v) is 3.46. The summed E-state index contributed by atoms with van der Waals surface area (Å²) in [6.07, 6.45) is 9.21. The summed E-state index contributed by atoms with van der Waals surface area (Å²) < 4.78 is 0. The zero-order valence-electron chi connectivity index (χ0n) is 10.4. The van der Waals surface area contributed by atoms with Crippen molar-refractivity contribution in [3.05, 3.63) is 18.1 Å². The Kier molecular flexibility index (Phi) is 2.97. The summed E-state index contributed by atoms with van der Waals surface area (Å²) in [6, 6.07) is 0.731. The van der Waals surface area contributed by atoms with Gasteiger partial charge in [-0.15, -0.1) is 0 Å². The Morgan fingerprint density at radius 3 is 2.76 bits per heavy atom. The van der Waals surface area contributed by atoms with Crippen LogP contribution in [0.3, 0.4) is 0 Å². The second-order valence-corrected chi connectivity index (χ2v) is 5.23. The van der Waals surface area contributed by atoms with Crippen LogP contribution in [0.1, 0.15) is 31.4 Å². The number of anilines is 1. The van der Waals surface area contributed by atoms with E-state index in [0.29, 0.717) is 0 Å². The Bertz CT molecular complexity index is 385. The van der Waals surface area contributed by atoms with Crippen LogP contribution in [-0.4, -0.2) is 29.6 Å². The maximum atomic E-state index is 4.71. The molecule has 4 heteroatoms. The van der Waals surface area contributed by atoms with Gasteiger partial charge in [0.1, 0.15) is 5.82 Å². The molecule has 1 aromatic heterocycles. The van der Waals surface area contributed by atoms with E-state index in [1.165, 1.54) is 32.2 Å². The molecule has 17 heavy (non-hydrogen) atoms. The van der Waals surface area contributed by atoms with E-state index in [-0.39, 0.29) is 0 Å². The molecule has 1 heterocycles. The molecular formula is C13H20N4. The quantitative estimate of drug-likeness (QED) is 0.808. The lowest BCUT2D eigenvalue weighted by Gasteiger charge is -2.23. The van der Waals surface area contributed by atoms with Crippen molar-refractivity contribution in [1.29, 1.82) is 0 Å². The van der Waals surface area contributed by atoms with E-state index in [9.17, 15) is 0 Å². The Morgan fingerprint density at radius 2 is 2.12 bits per heavy atom. The zero-order valence-corrected chi connectivity index (χ0v) is 10.4. The molecule has 92 valence electrons. The minimum Gasteiger partial charge on any atom is -0.352 e. The van der Waals surface area contributed by atoms with Gasteiger partial charge in [-0.2, -0.15) is 0 Å². The average Bonchev–Trinajstić information content (AvgIpc) is 3.20. The van der Waals surface area contributed by atoms with Crippen molar-refractivity contribution in [2.75, 3.05) is 18.5 Å². The monoisotopic (exact) mass is 232 g/mol. The molecule has 1 N–H and O–H groups in total. The SMILES string of the molecule is CNCc1cncc(N(CC2CC2)C2CC2)n1. The van der Waals surface area contributed by atoms with Crippen LogP contribution in [-0.2, 0) is 6.54 Å². The lowest BCUT2D eigenvalue weighted by atomic mass is 10.3. The lowest BCUT2D eigenvalue weighted by molar-refractivity contribution is 0.698. The summed E-state index contributed by atoms with van der Waals surface area (Å²) in [4.78, 5) is 11.5. The average molecular weight is 232 g/mol. The molecule has 2 saturated carbocycles. The van der Waals surface area contributed by atoms with Gasteiger partial charge in [-0.25, -0.2) is 4.98 Å². The highest BCUT2D eigenvalue weighted by atomic mass is 15.2. The predicted molar refractivity (Wildman–Crippen MR) is 67.9 cm³/mol. The molecule has 0 radical (unpaired) electrons. The van der Waals surface area contributed by atoms with Gasteiger partial charge in [0.05, 0.1) is 11.9 Å². The summed E-state index contributed by atoms with van der Waals surface area (Å²) in [5, 5.41) is 3.13.